The zero-order valence-corrected chi connectivity index (χ0v) is 11.1. The highest BCUT2D eigenvalue weighted by molar-refractivity contribution is 5.88. The predicted octanol–water partition coefficient (Wildman–Crippen LogP) is 1.73. The van der Waals surface area contributed by atoms with Crippen LogP contribution in [0.3, 0.4) is 0 Å². The standard InChI is InChI=1S/C13H16N4O2/c1-4-10-7(2)16-17(8(10)3)12-11(14)5-9(6-15-12)13(18)19/h5-6H,4,14H2,1-3H3,(H,18,19). The molecule has 0 bridgehead atoms. The smallest absolute Gasteiger partial charge is 0.337 e. The zero-order valence-electron chi connectivity index (χ0n) is 11.1. The first-order chi connectivity index (χ1) is 8.95. The van der Waals surface area contributed by atoms with Gasteiger partial charge >= 0.3 is 5.97 Å². The molecule has 19 heavy (non-hydrogen) atoms. The number of carboxylic acids is 1. The summed E-state index contributed by atoms with van der Waals surface area (Å²) in [6, 6.07) is 1.40. The van der Waals surface area contributed by atoms with Crippen molar-refractivity contribution in [3.63, 3.8) is 0 Å². The molecule has 0 aliphatic heterocycles. The Kier molecular flexibility index (Phi) is 3.25. The van der Waals surface area contributed by atoms with Crippen molar-refractivity contribution in [1.29, 1.82) is 0 Å². The minimum absolute atomic E-state index is 0.0681. The maximum atomic E-state index is 10.9. The van der Waals surface area contributed by atoms with E-state index in [9.17, 15) is 4.79 Å². The van der Waals surface area contributed by atoms with E-state index in [2.05, 4.69) is 17.0 Å². The van der Waals surface area contributed by atoms with Crippen LogP contribution in [0.2, 0.25) is 0 Å². The number of pyridine rings is 1. The number of carbonyl (C=O) groups is 1. The Morgan fingerprint density at radius 2 is 2.16 bits per heavy atom. The molecule has 0 fully saturated rings. The van der Waals surface area contributed by atoms with Gasteiger partial charge in [-0.15, -0.1) is 0 Å². The van der Waals surface area contributed by atoms with Crippen LogP contribution in [0, 0.1) is 13.8 Å². The van der Waals surface area contributed by atoms with Gasteiger partial charge in [-0.1, -0.05) is 6.92 Å². The maximum Gasteiger partial charge on any atom is 0.337 e. The molecule has 0 saturated heterocycles. The van der Waals surface area contributed by atoms with Crippen LogP contribution in [0.4, 0.5) is 5.69 Å². The van der Waals surface area contributed by atoms with Gasteiger partial charge in [0.25, 0.3) is 0 Å². The Hall–Kier alpha value is -2.37. The maximum absolute atomic E-state index is 10.9. The van der Waals surface area contributed by atoms with Crippen LogP contribution in [-0.2, 0) is 6.42 Å². The monoisotopic (exact) mass is 260 g/mol. The summed E-state index contributed by atoms with van der Waals surface area (Å²) in [6.07, 6.45) is 2.17. The molecule has 0 unspecified atom stereocenters. The number of anilines is 1. The molecule has 3 N–H and O–H groups in total. The van der Waals surface area contributed by atoms with Gasteiger partial charge in [0.2, 0.25) is 0 Å². The largest absolute Gasteiger partial charge is 0.478 e. The van der Waals surface area contributed by atoms with Crippen molar-refractivity contribution in [1.82, 2.24) is 14.8 Å². The lowest BCUT2D eigenvalue weighted by atomic mass is 10.1. The third-order valence-electron chi connectivity index (χ3n) is 3.14. The molecule has 0 spiro atoms. The average molecular weight is 260 g/mol. The molecule has 2 heterocycles. The summed E-state index contributed by atoms with van der Waals surface area (Å²) in [5.41, 5.74) is 9.31. The van der Waals surface area contributed by atoms with E-state index in [0.29, 0.717) is 11.5 Å². The normalized spacial score (nSPS) is 10.7. The van der Waals surface area contributed by atoms with Gasteiger partial charge in [0, 0.05) is 11.9 Å². The van der Waals surface area contributed by atoms with Crippen molar-refractivity contribution in [3.05, 3.63) is 34.8 Å². The van der Waals surface area contributed by atoms with Crippen molar-refractivity contribution in [2.75, 3.05) is 5.73 Å². The molecule has 0 amide bonds. The number of aromatic nitrogens is 3. The van der Waals surface area contributed by atoms with E-state index in [0.717, 1.165) is 23.4 Å². The molecule has 0 atom stereocenters. The van der Waals surface area contributed by atoms with Crippen molar-refractivity contribution < 1.29 is 9.90 Å². The Morgan fingerprint density at radius 1 is 1.47 bits per heavy atom. The van der Waals surface area contributed by atoms with Gasteiger partial charge in [-0.3, -0.25) is 0 Å². The minimum atomic E-state index is -1.05. The molecule has 2 aromatic rings. The third-order valence-corrected chi connectivity index (χ3v) is 3.14. The predicted molar refractivity (Wildman–Crippen MR) is 71.6 cm³/mol. The van der Waals surface area contributed by atoms with Gasteiger partial charge in [0.1, 0.15) is 0 Å². The second kappa shape index (κ2) is 4.72. The molecule has 0 aliphatic rings. The highest BCUT2D eigenvalue weighted by Crippen LogP contribution is 2.21. The molecule has 2 rings (SSSR count). The van der Waals surface area contributed by atoms with Crippen LogP contribution in [-0.4, -0.2) is 25.8 Å². The summed E-state index contributed by atoms with van der Waals surface area (Å²) in [5.74, 6) is -0.585. The topological polar surface area (TPSA) is 94.0 Å². The number of rotatable bonds is 3. The number of nitrogen functional groups attached to an aromatic ring is 1. The second-order valence-corrected chi connectivity index (χ2v) is 4.36. The quantitative estimate of drug-likeness (QED) is 0.876. The minimum Gasteiger partial charge on any atom is -0.478 e. The van der Waals surface area contributed by atoms with Gasteiger partial charge in [0.05, 0.1) is 16.9 Å². The van der Waals surface area contributed by atoms with Crippen LogP contribution in [0.25, 0.3) is 5.82 Å². The Morgan fingerprint density at radius 3 is 2.63 bits per heavy atom. The number of carboxylic acid groups (broad SMARTS) is 1. The molecule has 0 aromatic carbocycles. The van der Waals surface area contributed by atoms with E-state index >= 15 is 0 Å². The lowest BCUT2D eigenvalue weighted by Gasteiger charge is -2.07. The van der Waals surface area contributed by atoms with Crippen LogP contribution in [0.5, 0.6) is 0 Å². The van der Waals surface area contributed by atoms with E-state index < -0.39 is 5.97 Å². The van der Waals surface area contributed by atoms with E-state index in [1.165, 1.54) is 12.3 Å². The average Bonchev–Trinajstić information content (AvgIpc) is 2.64. The molecule has 6 heteroatoms. The van der Waals surface area contributed by atoms with Crippen molar-refractivity contribution in [3.8, 4) is 5.82 Å². The third kappa shape index (κ3) is 2.16. The fourth-order valence-corrected chi connectivity index (χ4v) is 2.16. The summed E-state index contributed by atoms with van der Waals surface area (Å²) in [5, 5.41) is 13.3. The first-order valence-electron chi connectivity index (χ1n) is 6.00. The summed E-state index contributed by atoms with van der Waals surface area (Å²) < 4.78 is 1.66. The number of hydrogen-bond donors (Lipinski definition) is 2. The molecule has 0 radical (unpaired) electrons. The summed E-state index contributed by atoms with van der Waals surface area (Å²) in [6.45, 7) is 5.95. The van der Waals surface area contributed by atoms with Crippen LogP contribution in [0.1, 0.15) is 34.2 Å². The first kappa shape index (κ1) is 13.1. The van der Waals surface area contributed by atoms with E-state index in [-0.39, 0.29) is 5.56 Å². The van der Waals surface area contributed by atoms with Crippen LogP contribution in [0.15, 0.2) is 12.3 Å². The molecule has 6 nitrogen and oxygen atoms in total. The first-order valence-corrected chi connectivity index (χ1v) is 6.00. The van der Waals surface area contributed by atoms with E-state index in [1.807, 2.05) is 13.8 Å². The lowest BCUT2D eigenvalue weighted by Crippen LogP contribution is -2.08. The molecule has 0 saturated carbocycles. The van der Waals surface area contributed by atoms with Crippen molar-refractivity contribution in [2.24, 2.45) is 0 Å². The number of aryl methyl sites for hydroxylation is 1. The van der Waals surface area contributed by atoms with Crippen molar-refractivity contribution >= 4 is 11.7 Å². The SMILES string of the molecule is CCc1c(C)nn(-c2ncc(C(=O)O)cc2N)c1C. The molecular formula is C13H16N4O2. The Bertz CT molecular complexity index is 646. The second-order valence-electron chi connectivity index (χ2n) is 4.36. The molecule has 0 aliphatic carbocycles. The summed E-state index contributed by atoms with van der Waals surface area (Å²) in [4.78, 5) is 15.0. The van der Waals surface area contributed by atoms with Gasteiger partial charge in [0.15, 0.2) is 5.82 Å². The summed E-state index contributed by atoms with van der Waals surface area (Å²) in [7, 11) is 0. The number of aromatic carboxylic acids is 1. The summed E-state index contributed by atoms with van der Waals surface area (Å²) >= 11 is 0. The number of hydrogen-bond acceptors (Lipinski definition) is 4. The highest BCUT2D eigenvalue weighted by Gasteiger charge is 2.15. The highest BCUT2D eigenvalue weighted by atomic mass is 16.4. The van der Waals surface area contributed by atoms with Gasteiger partial charge < -0.3 is 10.8 Å². The fourth-order valence-electron chi connectivity index (χ4n) is 2.16. The Labute approximate surface area is 110 Å². The van der Waals surface area contributed by atoms with Crippen molar-refractivity contribution in [2.45, 2.75) is 27.2 Å². The number of nitrogens with two attached hydrogens (primary N) is 1. The van der Waals surface area contributed by atoms with Gasteiger partial charge in [-0.05, 0) is 31.9 Å². The number of nitrogens with zero attached hydrogens (tertiary/aromatic N) is 3. The van der Waals surface area contributed by atoms with E-state index in [1.54, 1.807) is 4.68 Å². The molecule has 2 aromatic heterocycles. The lowest BCUT2D eigenvalue weighted by molar-refractivity contribution is 0.0696. The van der Waals surface area contributed by atoms with Crippen LogP contribution >= 0.6 is 0 Å². The molecule has 100 valence electrons. The van der Waals surface area contributed by atoms with Gasteiger partial charge in [-0.2, -0.15) is 5.10 Å². The van der Waals surface area contributed by atoms with Crippen LogP contribution < -0.4 is 5.73 Å². The zero-order chi connectivity index (χ0) is 14.2. The fraction of sp³-hybridized carbons (Fsp3) is 0.308. The van der Waals surface area contributed by atoms with Gasteiger partial charge in [-0.25, -0.2) is 14.5 Å². The molecular weight excluding hydrogens is 244 g/mol. The van der Waals surface area contributed by atoms with E-state index in [4.69, 9.17) is 10.8 Å². The Balaban J connectivity index is 2.57.